The number of amides is 1. The fourth-order valence-corrected chi connectivity index (χ4v) is 1.91. The van der Waals surface area contributed by atoms with Crippen LogP contribution in [-0.2, 0) is 9.59 Å². The Hall–Kier alpha value is -1.36. The normalized spacial score (nSPS) is 16.4. The predicted molar refractivity (Wildman–Crippen MR) is 64.7 cm³/mol. The minimum Gasteiger partial charge on any atom is -0.480 e. The first-order valence-corrected chi connectivity index (χ1v) is 5.98. The second-order valence-corrected chi connectivity index (χ2v) is 4.30. The molecule has 0 spiro atoms. The second-order valence-electron chi connectivity index (χ2n) is 4.30. The number of hydrogen-bond acceptors (Lipinski definition) is 3. The van der Waals surface area contributed by atoms with Crippen LogP contribution in [0.5, 0.6) is 0 Å². The van der Waals surface area contributed by atoms with Gasteiger partial charge >= 0.3 is 5.97 Å². The molecule has 1 rings (SSSR count). The quantitative estimate of drug-likeness (QED) is 0.451. The Kier molecular flexibility index (Phi) is 5.69. The van der Waals surface area contributed by atoms with Crippen LogP contribution >= 0.6 is 0 Å². The zero-order valence-corrected chi connectivity index (χ0v) is 10.2. The number of carbonyl (C=O) groups excluding carboxylic acids is 1. The maximum atomic E-state index is 10.8. The van der Waals surface area contributed by atoms with Crippen LogP contribution in [-0.4, -0.2) is 36.1 Å². The summed E-state index contributed by atoms with van der Waals surface area (Å²) in [5.41, 5.74) is 1.45. The lowest BCUT2D eigenvalue weighted by molar-refractivity contribution is -0.141. The van der Waals surface area contributed by atoms with Gasteiger partial charge in [-0.25, -0.2) is 4.79 Å². The van der Waals surface area contributed by atoms with E-state index >= 15 is 0 Å². The van der Waals surface area contributed by atoms with Gasteiger partial charge in [0.15, 0.2) is 0 Å². The average Bonchev–Trinajstić information content (AvgIpc) is 2.74. The summed E-state index contributed by atoms with van der Waals surface area (Å²) in [6.45, 7) is 2.34. The Bertz CT molecular complexity index is 313. The molecule has 0 saturated carbocycles. The highest BCUT2D eigenvalue weighted by atomic mass is 16.4. The molecule has 0 saturated heterocycles. The fraction of sp³-hybridized carbons (Fsp3) is 0.667. The SMILES string of the molecule is CC(=O)NC(CNCCC1=CCCC1)C(=O)O. The summed E-state index contributed by atoms with van der Waals surface area (Å²) in [7, 11) is 0. The topological polar surface area (TPSA) is 78.4 Å². The molecular weight excluding hydrogens is 220 g/mol. The van der Waals surface area contributed by atoms with Crippen molar-refractivity contribution >= 4 is 11.9 Å². The van der Waals surface area contributed by atoms with Gasteiger partial charge in [-0.15, -0.1) is 0 Å². The van der Waals surface area contributed by atoms with E-state index in [1.165, 1.54) is 25.3 Å². The molecule has 1 atom stereocenters. The van der Waals surface area contributed by atoms with E-state index in [2.05, 4.69) is 16.7 Å². The Morgan fingerprint density at radius 3 is 2.82 bits per heavy atom. The molecule has 1 amide bonds. The van der Waals surface area contributed by atoms with E-state index in [0.29, 0.717) is 0 Å². The molecule has 17 heavy (non-hydrogen) atoms. The highest BCUT2D eigenvalue weighted by molar-refractivity contribution is 5.82. The lowest BCUT2D eigenvalue weighted by Gasteiger charge is -2.14. The van der Waals surface area contributed by atoms with Gasteiger partial charge in [0.1, 0.15) is 6.04 Å². The molecule has 0 bridgehead atoms. The van der Waals surface area contributed by atoms with E-state index < -0.39 is 12.0 Å². The molecule has 5 nitrogen and oxygen atoms in total. The van der Waals surface area contributed by atoms with E-state index in [9.17, 15) is 9.59 Å². The van der Waals surface area contributed by atoms with Crippen LogP contribution in [0, 0.1) is 0 Å². The molecule has 0 aromatic carbocycles. The largest absolute Gasteiger partial charge is 0.480 e. The standard InChI is InChI=1S/C12H20N2O3/c1-9(15)14-11(12(16)17)8-13-7-6-10-4-2-3-5-10/h4,11,13H,2-3,5-8H2,1H3,(H,14,15)(H,16,17). The molecule has 1 aliphatic rings. The van der Waals surface area contributed by atoms with Crippen molar-refractivity contribution in [2.45, 2.75) is 38.6 Å². The van der Waals surface area contributed by atoms with Gasteiger partial charge in [-0.1, -0.05) is 11.6 Å². The van der Waals surface area contributed by atoms with Crippen molar-refractivity contribution in [1.82, 2.24) is 10.6 Å². The third-order valence-electron chi connectivity index (χ3n) is 2.78. The van der Waals surface area contributed by atoms with E-state index in [0.717, 1.165) is 19.4 Å². The van der Waals surface area contributed by atoms with E-state index in [-0.39, 0.29) is 12.5 Å². The summed E-state index contributed by atoms with van der Waals surface area (Å²) < 4.78 is 0. The number of carboxylic acid groups (broad SMARTS) is 1. The molecular formula is C12H20N2O3. The van der Waals surface area contributed by atoms with Crippen LogP contribution in [0.25, 0.3) is 0 Å². The van der Waals surface area contributed by atoms with Crippen molar-refractivity contribution in [3.8, 4) is 0 Å². The van der Waals surface area contributed by atoms with E-state index in [4.69, 9.17) is 5.11 Å². The highest BCUT2D eigenvalue weighted by Crippen LogP contribution is 2.19. The Balaban J connectivity index is 2.17. The third-order valence-corrected chi connectivity index (χ3v) is 2.78. The van der Waals surface area contributed by atoms with Gasteiger partial charge in [0.25, 0.3) is 0 Å². The van der Waals surface area contributed by atoms with Crippen molar-refractivity contribution in [3.63, 3.8) is 0 Å². The lowest BCUT2D eigenvalue weighted by Crippen LogP contribution is -2.46. The van der Waals surface area contributed by atoms with Crippen LogP contribution < -0.4 is 10.6 Å². The van der Waals surface area contributed by atoms with Gasteiger partial charge < -0.3 is 15.7 Å². The molecule has 0 heterocycles. The molecule has 0 aromatic heterocycles. The first-order valence-electron chi connectivity index (χ1n) is 5.98. The Labute approximate surface area is 101 Å². The number of carboxylic acids is 1. The molecule has 1 aliphatic carbocycles. The molecule has 0 aliphatic heterocycles. The number of rotatable bonds is 7. The first kappa shape index (κ1) is 13.7. The zero-order valence-electron chi connectivity index (χ0n) is 10.2. The summed E-state index contributed by atoms with van der Waals surface area (Å²) >= 11 is 0. The molecule has 0 aromatic rings. The second kappa shape index (κ2) is 7.06. The van der Waals surface area contributed by atoms with Crippen molar-refractivity contribution in [1.29, 1.82) is 0 Å². The van der Waals surface area contributed by atoms with Crippen LogP contribution in [0.1, 0.15) is 32.6 Å². The van der Waals surface area contributed by atoms with E-state index in [1.807, 2.05) is 0 Å². The van der Waals surface area contributed by atoms with Crippen LogP contribution in [0.3, 0.4) is 0 Å². The number of hydrogen-bond donors (Lipinski definition) is 3. The predicted octanol–water partition coefficient (Wildman–Crippen LogP) is 0.666. The Morgan fingerprint density at radius 1 is 1.53 bits per heavy atom. The Morgan fingerprint density at radius 2 is 2.29 bits per heavy atom. The maximum absolute atomic E-state index is 10.8. The summed E-state index contributed by atoms with van der Waals surface area (Å²) in [6.07, 6.45) is 6.78. The number of aliphatic carboxylic acids is 1. The number of allylic oxidation sites excluding steroid dienone is 1. The molecule has 1 unspecified atom stereocenters. The number of carbonyl (C=O) groups is 2. The first-order chi connectivity index (χ1) is 8.09. The molecule has 5 heteroatoms. The van der Waals surface area contributed by atoms with Crippen molar-refractivity contribution in [2.75, 3.05) is 13.1 Å². The van der Waals surface area contributed by atoms with E-state index in [1.54, 1.807) is 0 Å². The average molecular weight is 240 g/mol. The van der Waals surface area contributed by atoms with Gasteiger partial charge in [0, 0.05) is 13.5 Å². The third kappa shape index (κ3) is 5.49. The molecule has 96 valence electrons. The summed E-state index contributed by atoms with van der Waals surface area (Å²) in [5.74, 6) is -1.33. The van der Waals surface area contributed by atoms with Crippen molar-refractivity contribution in [2.24, 2.45) is 0 Å². The lowest BCUT2D eigenvalue weighted by atomic mass is 10.1. The van der Waals surface area contributed by atoms with Gasteiger partial charge in [0.05, 0.1) is 0 Å². The highest BCUT2D eigenvalue weighted by Gasteiger charge is 2.17. The monoisotopic (exact) mass is 240 g/mol. The summed E-state index contributed by atoms with van der Waals surface area (Å²) in [5, 5.41) is 14.3. The van der Waals surface area contributed by atoms with Gasteiger partial charge in [-0.2, -0.15) is 0 Å². The van der Waals surface area contributed by atoms with Gasteiger partial charge in [-0.3, -0.25) is 4.79 Å². The fourth-order valence-electron chi connectivity index (χ4n) is 1.91. The zero-order chi connectivity index (χ0) is 12.7. The summed E-state index contributed by atoms with van der Waals surface area (Å²) in [4.78, 5) is 21.6. The summed E-state index contributed by atoms with van der Waals surface area (Å²) in [6, 6.07) is -0.843. The number of nitrogens with one attached hydrogen (secondary N) is 2. The molecule has 0 radical (unpaired) electrons. The van der Waals surface area contributed by atoms with Crippen LogP contribution in [0.4, 0.5) is 0 Å². The minimum atomic E-state index is -1.01. The van der Waals surface area contributed by atoms with Gasteiger partial charge in [-0.05, 0) is 32.2 Å². The van der Waals surface area contributed by atoms with Crippen LogP contribution in [0.15, 0.2) is 11.6 Å². The van der Waals surface area contributed by atoms with Crippen molar-refractivity contribution in [3.05, 3.63) is 11.6 Å². The smallest absolute Gasteiger partial charge is 0.327 e. The van der Waals surface area contributed by atoms with Gasteiger partial charge in [0.2, 0.25) is 5.91 Å². The van der Waals surface area contributed by atoms with Crippen molar-refractivity contribution < 1.29 is 14.7 Å². The van der Waals surface area contributed by atoms with Crippen LogP contribution in [0.2, 0.25) is 0 Å². The minimum absolute atomic E-state index is 0.266. The molecule has 0 fully saturated rings. The maximum Gasteiger partial charge on any atom is 0.327 e. The molecule has 3 N–H and O–H groups in total.